The Morgan fingerprint density at radius 3 is 2.75 bits per heavy atom. The lowest BCUT2D eigenvalue weighted by atomic mass is 9.81. The van der Waals surface area contributed by atoms with Crippen molar-refractivity contribution in [3.63, 3.8) is 0 Å². The second-order valence-electron chi connectivity index (χ2n) is 6.78. The standard InChI is InChI=1S/C18H23FN4O/c1-5-23-16-12(11(4)21-18(20)22-16)8-14(17(23)24)13-7-9(2)6-10(3)15(13)19/h8-10H,5-7H2,1-4H3,(H2,20,21,22). The first-order chi connectivity index (χ1) is 11.3. The summed E-state index contributed by atoms with van der Waals surface area (Å²) in [6, 6.07) is 1.73. The fourth-order valence-electron chi connectivity index (χ4n) is 3.69. The van der Waals surface area contributed by atoms with Gasteiger partial charge in [-0.2, -0.15) is 4.98 Å². The van der Waals surface area contributed by atoms with E-state index in [4.69, 9.17) is 5.73 Å². The number of nitrogen functional groups attached to an aromatic ring is 1. The number of aromatic nitrogens is 3. The number of hydrogen-bond donors (Lipinski definition) is 1. The molecule has 5 nitrogen and oxygen atoms in total. The molecule has 2 aromatic rings. The van der Waals surface area contributed by atoms with Crippen LogP contribution in [0.1, 0.15) is 44.9 Å². The second-order valence-corrected chi connectivity index (χ2v) is 6.78. The van der Waals surface area contributed by atoms with E-state index in [9.17, 15) is 9.18 Å². The first-order valence-corrected chi connectivity index (χ1v) is 8.40. The van der Waals surface area contributed by atoms with E-state index < -0.39 is 0 Å². The molecule has 1 aliphatic rings. The molecule has 128 valence electrons. The van der Waals surface area contributed by atoms with E-state index >= 15 is 0 Å². The maximum Gasteiger partial charge on any atom is 0.259 e. The van der Waals surface area contributed by atoms with E-state index in [0.717, 1.165) is 11.8 Å². The minimum atomic E-state index is -0.214. The molecule has 2 aromatic heterocycles. The van der Waals surface area contributed by atoms with Gasteiger partial charge in [-0.3, -0.25) is 9.36 Å². The van der Waals surface area contributed by atoms with Gasteiger partial charge in [-0.25, -0.2) is 9.37 Å². The molecule has 0 radical (unpaired) electrons. The molecule has 0 spiro atoms. The Labute approximate surface area is 140 Å². The first kappa shape index (κ1) is 16.6. The van der Waals surface area contributed by atoms with Crippen LogP contribution in [0.15, 0.2) is 16.7 Å². The average Bonchev–Trinajstić information content (AvgIpc) is 2.50. The van der Waals surface area contributed by atoms with E-state index in [1.165, 1.54) is 0 Å². The Kier molecular flexibility index (Phi) is 4.15. The zero-order valence-corrected chi connectivity index (χ0v) is 14.6. The van der Waals surface area contributed by atoms with Gasteiger partial charge in [0.15, 0.2) is 0 Å². The van der Waals surface area contributed by atoms with Crippen molar-refractivity contribution in [1.29, 1.82) is 0 Å². The highest BCUT2D eigenvalue weighted by Crippen LogP contribution is 2.39. The predicted molar refractivity (Wildman–Crippen MR) is 94.2 cm³/mol. The minimum absolute atomic E-state index is 0.139. The molecule has 0 aliphatic heterocycles. The molecule has 6 heteroatoms. The number of allylic oxidation sites excluding steroid dienone is 2. The van der Waals surface area contributed by atoms with Crippen LogP contribution < -0.4 is 11.3 Å². The maximum absolute atomic E-state index is 14.8. The summed E-state index contributed by atoms with van der Waals surface area (Å²) in [5, 5.41) is 0.742. The van der Waals surface area contributed by atoms with Crippen molar-refractivity contribution in [3.8, 4) is 0 Å². The van der Waals surface area contributed by atoms with Gasteiger partial charge >= 0.3 is 0 Å². The molecule has 2 heterocycles. The molecule has 2 unspecified atom stereocenters. The molecule has 0 saturated carbocycles. The van der Waals surface area contributed by atoms with Crippen LogP contribution in [0.4, 0.5) is 10.3 Å². The summed E-state index contributed by atoms with van der Waals surface area (Å²) in [6.45, 7) is 8.11. The van der Waals surface area contributed by atoms with Gasteiger partial charge in [-0.05, 0) is 44.2 Å². The normalized spacial score (nSPS) is 21.5. The van der Waals surface area contributed by atoms with Gasteiger partial charge in [0.1, 0.15) is 11.5 Å². The smallest absolute Gasteiger partial charge is 0.259 e. The lowest BCUT2D eigenvalue weighted by Gasteiger charge is -2.26. The maximum atomic E-state index is 14.8. The number of fused-ring (bicyclic) bond motifs is 1. The molecule has 2 atom stereocenters. The molecule has 0 fully saturated rings. The Hall–Kier alpha value is -2.24. The number of aryl methyl sites for hydroxylation is 2. The van der Waals surface area contributed by atoms with E-state index in [2.05, 4.69) is 16.9 Å². The van der Waals surface area contributed by atoms with Gasteiger partial charge in [0.25, 0.3) is 5.56 Å². The number of hydrogen-bond acceptors (Lipinski definition) is 4. The summed E-state index contributed by atoms with van der Waals surface area (Å²) in [5.41, 5.74) is 7.68. The summed E-state index contributed by atoms with van der Waals surface area (Å²) < 4.78 is 16.3. The largest absolute Gasteiger partial charge is 0.368 e. The summed E-state index contributed by atoms with van der Waals surface area (Å²) in [7, 11) is 0. The molecule has 0 bridgehead atoms. The lowest BCUT2D eigenvalue weighted by Crippen LogP contribution is -2.26. The number of anilines is 1. The van der Waals surface area contributed by atoms with Crippen molar-refractivity contribution in [2.24, 2.45) is 11.8 Å². The van der Waals surface area contributed by atoms with Crippen molar-refractivity contribution < 1.29 is 4.39 Å². The van der Waals surface area contributed by atoms with Crippen molar-refractivity contribution in [2.75, 3.05) is 5.73 Å². The zero-order chi connectivity index (χ0) is 17.6. The third-order valence-corrected chi connectivity index (χ3v) is 4.82. The van der Waals surface area contributed by atoms with Crippen LogP contribution in [-0.4, -0.2) is 14.5 Å². The van der Waals surface area contributed by atoms with Gasteiger partial charge in [-0.15, -0.1) is 0 Å². The Bertz CT molecular complexity index is 900. The SMILES string of the molecule is CCn1c(=O)c(C2=C(F)C(C)CC(C)C2)cc2c(C)nc(N)nc21. The molecule has 2 N–H and O–H groups in total. The van der Waals surface area contributed by atoms with Crippen LogP contribution in [0.2, 0.25) is 0 Å². The van der Waals surface area contributed by atoms with Crippen LogP contribution >= 0.6 is 0 Å². The highest BCUT2D eigenvalue weighted by molar-refractivity contribution is 5.83. The second kappa shape index (κ2) is 6.00. The molecule has 1 aliphatic carbocycles. The lowest BCUT2D eigenvalue weighted by molar-refractivity contribution is 0.374. The zero-order valence-electron chi connectivity index (χ0n) is 14.6. The van der Waals surface area contributed by atoms with E-state index in [0.29, 0.717) is 41.4 Å². The summed E-state index contributed by atoms with van der Waals surface area (Å²) >= 11 is 0. The third-order valence-electron chi connectivity index (χ3n) is 4.82. The highest BCUT2D eigenvalue weighted by Gasteiger charge is 2.27. The number of rotatable bonds is 2. The molecule has 0 amide bonds. The molecule has 0 aromatic carbocycles. The summed E-state index contributed by atoms with van der Waals surface area (Å²) in [6.07, 6.45) is 1.39. The van der Waals surface area contributed by atoms with Crippen LogP contribution in [0.3, 0.4) is 0 Å². The van der Waals surface area contributed by atoms with Crippen molar-refractivity contribution in [3.05, 3.63) is 33.5 Å². The predicted octanol–water partition coefficient (Wildman–Crippen LogP) is 3.45. The van der Waals surface area contributed by atoms with Crippen LogP contribution in [0, 0.1) is 18.8 Å². The molecule has 24 heavy (non-hydrogen) atoms. The highest BCUT2D eigenvalue weighted by atomic mass is 19.1. The molecular formula is C18H23FN4O. The van der Waals surface area contributed by atoms with Gasteiger partial charge in [0.2, 0.25) is 5.95 Å². The molecular weight excluding hydrogens is 307 g/mol. The van der Waals surface area contributed by atoms with Crippen molar-refractivity contribution in [2.45, 2.75) is 47.1 Å². The Morgan fingerprint density at radius 2 is 2.08 bits per heavy atom. The van der Waals surface area contributed by atoms with Gasteiger partial charge < -0.3 is 5.73 Å². The van der Waals surface area contributed by atoms with Crippen molar-refractivity contribution in [1.82, 2.24) is 14.5 Å². The van der Waals surface area contributed by atoms with Crippen LogP contribution in [-0.2, 0) is 6.54 Å². The van der Waals surface area contributed by atoms with Crippen molar-refractivity contribution >= 4 is 22.6 Å². The average molecular weight is 330 g/mol. The quantitative estimate of drug-likeness (QED) is 0.915. The number of halogens is 1. The molecule has 0 saturated heterocycles. The third kappa shape index (κ3) is 2.60. The fraction of sp³-hybridized carbons (Fsp3) is 0.500. The van der Waals surface area contributed by atoms with Crippen LogP contribution in [0.25, 0.3) is 16.6 Å². The number of pyridine rings is 1. The van der Waals surface area contributed by atoms with Gasteiger partial charge in [-0.1, -0.05) is 13.8 Å². The Morgan fingerprint density at radius 1 is 1.38 bits per heavy atom. The Balaban J connectivity index is 2.36. The fourth-order valence-corrected chi connectivity index (χ4v) is 3.69. The topological polar surface area (TPSA) is 73.8 Å². The van der Waals surface area contributed by atoms with E-state index in [1.54, 1.807) is 10.6 Å². The summed E-state index contributed by atoms with van der Waals surface area (Å²) in [4.78, 5) is 21.4. The summed E-state index contributed by atoms with van der Waals surface area (Å²) in [5.74, 6) is 0.169. The van der Waals surface area contributed by atoms with E-state index in [-0.39, 0.29) is 23.3 Å². The number of nitrogens with two attached hydrogens (primary N) is 1. The minimum Gasteiger partial charge on any atom is -0.368 e. The monoisotopic (exact) mass is 330 g/mol. The van der Waals surface area contributed by atoms with Crippen LogP contribution in [0.5, 0.6) is 0 Å². The van der Waals surface area contributed by atoms with Gasteiger partial charge in [0, 0.05) is 23.4 Å². The van der Waals surface area contributed by atoms with Gasteiger partial charge in [0.05, 0.1) is 5.69 Å². The number of nitrogens with zero attached hydrogens (tertiary/aromatic N) is 3. The first-order valence-electron chi connectivity index (χ1n) is 8.40. The molecule has 3 rings (SSSR count). The van der Waals surface area contributed by atoms with E-state index in [1.807, 2.05) is 20.8 Å².